The molecule has 0 N–H and O–H groups in total. The third kappa shape index (κ3) is 5.75. The molecule has 0 rings (SSSR count). The van der Waals surface area contributed by atoms with Gasteiger partial charge in [0.15, 0.2) is 0 Å². The van der Waals surface area contributed by atoms with Crippen molar-refractivity contribution in [2.45, 2.75) is 73.0 Å². The topological polar surface area (TPSA) is 52.6 Å². The van der Waals surface area contributed by atoms with E-state index in [1.165, 1.54) is 0 Å². The first kappa shape index (κ1) is 24.5. The van der Waals surface area contributed by atoms with Crippen molar-refractivity contribution in [3.8, 4) is 0 Å². The van der Waals surface area contributed by atoms with Gasteiger partial charge in [-0.05, 0) is 23.7 Å². The lowest BCUT2D eigenvalue weighted by Crippen LogP contribution is -2.49. The number of hydrogen-bond donors (Lipinski definition) is 0. The van der Waals surface area contributed by atoms with Crippen molar-refractivity contribution < 1.29 is 19.1 Å². The van der Waals surface area contributed by atoms with Crippen LogP contribution >= 0.6 is 23.2 Å². The largest absolute Gasteiger partial charge is 0.457 e. The van der Waals surface area contributed by atoms with Crippen LogP contribution < -0.4 is 0 Å². The summed E-state index contributed by atoms with van der Waals surface area (Å²) in [7, 11) is 0. The summed E-state index contributed by atoms with van der Waals surface area (Å²) in [4.78, 5) is 24.7. The van der Waals surface area contributed by atoms with Gasteiger partial charge in [-0.25, -0.2) is 0 Å². The van der Waals surface area contributed by atoms with Crippen LogP contribution in [0.4, 0.5) is 0 Å². The van der Waals surface area contributed by atoms with Crippen LogP contribution in [0.25, 0.3) is 0 Å². The predicted octanol–water partition coefficient (Wildman–Crippen LogP) is 5.04. The number of carbonyl (C=O) groups is 2. The Morgan fingerprint density at radius 2 is 0.920 bits per heavy atom. The molecule has 0 aromatic heterocycles. The maximum absolute atomic E-state index is 12.3. The zero-order valence-electron chi connectivity index (χ0n) is 16.8. The SMILES string of the molecule is CC(C)C(CCl)(OC(=O)CC(=O)OC(CCl)(C(C)C)C(C)C)C(C)C. The molecule has 0 unspecified atom stereocenters. The highest BCUT2D eigenvalue weighted by atomic mass is 35.5. The van der Waals surface area contributed by atoms with Crippen molar-refractivity contribution in [1.29, 1.82) is 0 Å². The van der Waals surface area contributed by atoms with Gasteiger partial charge in [-0.1, -0.05) is 55.4 Å². The first-order valence-corrected chi connectivity index (χ1v) is 10.0. The van der Waals surface area contributed by atoms with Crippen LogP contribution in [0, 0.1) is 23.7 Å². The van der Waals surface area contributed by atoms with Crippen molar-refractivity contribution >= 4 is 35.1 Å². The number of hydrogen-bond acceptors (Lipinski definition) is 4. The number of alkyl halides is 2. The van der Waals surface area contributed by atoms with Crippen molar-refractivity contribution in [2.75, 3.05) is 11.8 Å². The number of rotatable bonds is 10. The number of esters is 2. The monoisotopic (exact) mass is 396 g/mol. The van der Waals surface area contributed by atoms with E-state index in [0.29, 0.717) is 0 Å². The molecular formula is C19H34Cl2O4. The predicted molar refractivity (Wildman–Crippen MR) is 103 cm³/mol. The third-order valence-corrected chi connectivity index (χ3v) is 6.06. The van der Waals surface area contributed by atoms with E-state index in [9.17, 15) is 9.59 Å². The van der Waals surface area contributed by atoms with E-state index in [1.54, 1.807) is 0 Å². The van der Waals surface area contributed by atoms with Gasteiger partial charge in [0.2, 0.25) is 0 Å². The molecule has 0 aliphatic heterocycles. The average Bonchev–Trinajstić information content (AvgIpc) is 2.48. The maximum Gasteiger partial charge on any atom is 0.317 e. The Labute approximate surface area is 162 Å². The summed E-state index contributed by atoms with van der Waals surface area (Å²) in [6.07, 6.45) is -0.448. The molecule has 0 aliphatic carbocycles. The first-order chi connectivity index (χ1) is 11.4. The second-order valence-electron chi connectivity index (χ2n) is 7.92. The fourth-order valence-electron chi connectivity index (χ4n) is 3.09. The Balaban J connectivity index is 5.15. The Bertz CT molecular complexity index is 389. The van der Waals surface area contributed by atoms with Gasteiger partial charge < -0.3 is 9.47 Å². The highest BCUT2D eigenvalue weighted by Gasteiger charge is 2.43. The molecule has 0 saturated heterocycles. The fourth-order valence-corrected chi connectivity index (χ4v) is 4.43. The van der Waals surface area contributed by atoms with Crippen LogP contribution in [-0.4, -0.2) is 34.9 Å². The highest BCUT2D eigenvalue weighted by Crippen LogP contribution is 2.34. The van der Waals surface area contributed by atoms with Crippen molar-refractivity contribution in [3.05, 3.63) is 0 Å². The molecule has 0 heterocycles. The number of carbonyl (C=O) groups excluding carboxylic acids is 2. The summed E-state index contributed by atoms with van der Waals surface area (Å²) in [5, 5.41) is 0. The van der Waals surface area contributed by atoms with E-state index < -0.39 is 29.6 Å². The summed E-state index contributed by atoms with van der Waals surface area (Å²) < 4.78 is 11.3. The van der Waals surface area contributed by atoms with Crippen molar-refractivity contribution in [1.82, 2.24) is 0 Å². The van der Waals surface area contributed by atoms with E-state index >= 15 is 0 Å². The minimum Gasteiger partial charge on any atom is -0.457 e. The molecular weight excluding hydrogens is 363 g/mol. The van der Waals surface area contributed by atoms with Crippen LogP contribution in [0.5, 0.6) is 0 Å². The van der Waals surface area contributed by atoms with Crippen LogP contribution in [0.15, 0.2) is 0 Å². The standard InChI is InChI=1S/C19H34Cl2O4/c1-12(2)18(10-20,13(3)4)24-16(22)9-17(23)25-19(11-21,14(5)6)15(7)8/h12-15H,9-11H2,1-8H3. The van der Waals surface area contributed by atoms with Gasteiger partial charge in [0.05, 0.1) is 11.8 Å². The average molecular weight is 397 g/mol. The molecule has 0 aliphatic rings. The quantitative estimate of drug-likeness (QED) is 0.294. The second-order valence-corrected chi connectivity index (χ2v) is 8.46. The van der Waals surface area contributed by atoms with Crippen LogP contribution in [0.2, 0.25) is 0 Å². The Morgan fingerprint density at radius 1 is 0.680 bits per heavy atom. The van der Waals surface area contributed by atoms with Gasteiger partial charge in [-0.2, -0.15) is 0 Å². The normalized spacial score (nSPS) is 13.0. The summed E-state index contributed by atoms with van der Waals surface area (Å²) in [5.41, 5.74) is -1.61. The van der Waals surface area contributed by atoms with E-state index in [-0.39, 0.29) is 35.4 Å². The summed E-state index contributed by atoms with van der Waals surface area (Å²) in [5.74, 6) is -0.791. The second kappa shape index (κ2) is 10.0. The first-order valence-electron chi connectivity index (χ1n) is 8.95. The smallest absolute Gasteiger partial charge is 0.317 e. The molecule has 0 saturated carbocycles. The Kier molecular flexibility index (Phi) is 9.82. The number of ether oxygens (including phenoxy) is 2. The van der Waals surface area contributed by atoms with E-state index in [2.05, 4.69) is 0 Å². The lowest BCUT2D eigenvalue weighted by Gasteiger charge is -2.40. The van der Waals surface area contributed by atoms with Crippen molar-refractivity contribution in [2.24, 2.45) is 23.7 Å². The molecule has 0 amide bonds. The highest BCUT2D eigenvalue weighted by molar-refractivity contribution is 6.19. The minimum atomic E-state index is -0.807. The van der Waals surface area contributed by atoms with Gasteiger partial charge >= 0.3 is 11.9 Å². The molecule has 0 bridgehead atoms. The van der Waals surface area contributed by atoms with E-state index in [1.807, 2.05) is 55.4 Å². The molecule has 6 heteroatoms. The molecule has 0 aromatic rings. The van der Waals surface area contributed by atoms with Crippen LogP contribution in [-0.2, 0) is 19.1 Å². The molecule has 4 nitrogen and oxygen atoms in total. The van der Waals surface area contributed by atoms with Gasteiger partial charge in [-0.15, -0.1) is 23.2 Å². The molecule has 148 valence electrons. The maximum atomic E-state index is 12.3. The lowest BCUT2D eigenvalue weighted by atomic mass is 9.81. The Morgan fingerprint density at radius 3 is 1.08 bits per heavy atom. The van der Waals surface area contributed by atoms with Crippen LogP contribution in [0.1, 0.15) is 61.8 Å². The molecule has 25 heavy (non-hydrogen) atoms. The lowest BCUT2D eigenvalue weighted by molar-refractivity contribution is -0.180. The van der Waals surface area contributed by atoms with Gasteiger partial charge in [0, 0.05) is 0 Å². The molecule has 0 spiro atoms. The van der Waals surface area contributed by atoms with Crippen molar-refractivity contribution in [3.63, 3.8) is 0 Å². The fraction of sp³-hybridized carbons (Fsp3) is 0.895. The summed E-state index contributed by atoms with van der Waals surface area (Å²) in [6.45, 7) is 15.6. The zero-order chi connectivity index (χ0) is 20.0. The summed E-state index contributed by atoms with van der Waals surface area (Å²) in [6, 6.07) is 0. The molecule has 0 atom stereocenters. The minimum absolute atomic E-state index is 0.0261. The van der Waals surface area contributed by atoms with E-state index in [4.69, 9.17) is 32.7 Å². The van der Waals surface area contributed by atoms with Crippen LogP contribution in [0.3, 0.4) is 0 Å². The zero-order valence-corrected chi connectivity index (χ0v) is 18.3. The summed E-state index contributed by atoms with van der Waals surface area (Å²) >= 11 is 12.2. The third-order valence-electron chi connectivity index (χ3n) is 5.22. The Hall–Kier alpha value is -0.480. The molecule has 0 fully saturated rings. The van der Waals surface area contributed by atoms with Gasteiger partial charge in [-0.3, -0.25) is 9.59 Å². The number of halogens is 2. The van der Waals surface area contributed by atoms with Gasteiger partial charge in [0.1, 0.15) is 17.6 Å². The van der Waals surface area contributed by atoms with E-state index in [0.717, 1.165) is 0 Å². The molecule has 0 radical (unpaired) electrons. The molecule has 0 aromatic carbocycles. The van der Waals surface area contributed by atoms with Gasteiger partial charge in [0.25, 0.3) is 0 Å².